The van der Waals surface area contributed by atoms with Crippen LogP contribution in [0.1, 0.15) is 18.5 Å². The molecule has 1 aromatic heterocycles. The number of piperidine rings is 1. The lowest BCUT2D eigenvalue weighted by Crippen LogP contribution is -2.45. The van der Waals surface area contributed by atoms with Crippen LogP contribution in [0.25, 0.3) is 10.9 Å². The SMILES string of the molecule is Cc1nc(/N=C(\N)NC(=O)C2CCN(S(C)(=O)=O)CC2)nc2ccccc12. The number of carbonyl (C=O) groups excluding carboxylic acids is 1. The van der Waals surface area contributed by atoms with Crippen molar-refractivity contribution in [1.29, 1.82) is 0 Å². The molecule has 0 bridgehead atoms. The minimum atomic E-state index is -3.22. The maximum atomic E-state index is 12.4. The summed E-state index contributed by atoms with van der Waals surface area (Å²) < 4.78 is 24.4. The predicted octanol–water partition coefficient (Wildman–Crippen LogP) is 0.672. The third-order valence-corrected chi connectivity index (χ3v) is 5.85. The summed E-state index contributed by atoms with van der Waals surface area (Å²) in [6, 6.07) is 7.56. The highest BCUT2D eigenvalue weighted by atomic mass is 32.2. The van der Waals surface area contributed by atoms with Crippen molar-refractivity contribution in [2.24, 2.45) is 16.6 Å². The standard InChI is InChI=1S/C17H22N6O3S/c1-11-13-5-3-4-6-14(13)20-17(19-11)22-16(18)21-15(24)12-7-9-23(10-8-12)27(2,25)26/h3-6,12H,7-10H2,1-2H3,(H3,18,19,20,21,22,24). The van der Waals surface area contributed by atoms with Crippen molar-refractivity contribution >= 4 is 38.7 Å². The summed E-state index contributed by atoms with van der Waals surface area (Å²) in [5.41, 5.74) is 7.35. The molecule has 3 N–H and O–H groups in total. The monoisotopic (exact) mass is 390 g/mol. The maximum Gasteiger partial charge on any atom is 0.253 e. The molecular weight excluding hydrogens is 368 g/mol. The first-order valence-electron chi connectivity index (χ1n) is 8.57. The highest BCUT2D eigenvalue weighted by Gasteiger charge is 2.29. The molecule has 0 saturated carbocycles. The van der Waals surface area contributed by atoms with Crippen LogP contribution in [-0.4, -0.2) is 53.9 Å². The van der Waals surface area contributed by atoms with Gasteiger partial charge >= 0.3 is 0 Å². The lowest BCUT2D eigenvalue weighted by Gasteiger charge is -2.29. The number of carbonyl (C=O) groups is 1. The second-order valence-corrected chi connectivity index (χ2v) is 8.53. The molecule has 0 unspecified atom stereocenters. The summed E-state index contributed by atoms with van der Waals surface area (Å²) in [6.07, 6.45) is 2.05. The van der Waals surface area contributed by atoms with Gasteiger partial charge in [-0.3, -0.25) is 10.1 Å². The minimum absolute atomic E-state index is 0.0831. The van der Waals surface area contributed by atoms with Crippen LogP contribution in [0.4, 0.5) is 5.95 Å². The number of hydrogen-bond acceptors (Lipinski definition) is 6. The molecule has 1 aliphatic heterocycles. The van der Waals surface area contributed by atoms with Crippen LogP contribution in [0, 0.1) is 12.8 Å². The molecule has 27 heavy (non-hydrogen) atoms. The van der Waals surface area contributed by atoms with Crippen LogP contribution in [0.3, 0.4) is 0 Å². The first kappa shape index (κ1) is 19.2. The van der Waals surface area contributed by atoms with Gasteiger partial charge < -0.3 is 5.73 Å². The molecule has 10 heteroatoms. The molecule has 0 atom stereocenters. The summed E-state index contributed by atoms with van der Waals surface area (Å²) in [4.78, 5) is 25.1. The van der Waals surface area contributed by atoms with Crippen LogP contribution in [0.15, 0.2) is 29.3 Å². The summed E-state index contributed by atoms with van der Waals surface area (Å²) in [6.45, 7) is 2.50. The fraction of sp³-hybridized carbons (Fsp3) is 0.412. The summed E-state index contributed by atoms with van der Waals surface area (Å²) >= 11 is 0. The molecule has 1 amide bonds. The molecule has 9 nitrogen and oxygen atoms in total. The Labute approximate surface area is 157 Å². The average molecular weight is 390 g/mol. The summed E-state index contributed by atoms with van der Waals surface area (Å²) in [7, 11) is -3.22. The van der Waals surface area contributed by atoms with Gasteiger partial charge in [0.15, 0.2) is 0 Å². The van der Waals surface area contributed by atoms with Gasteiger partial charge in [-0.1, -0.05) is 18.2 Å². The van der Waals surface area contributed by atoms with E-state index in [0.717, 1.165) is 16.6 Å². The number of nitrogens with zero attached hydrogens (tertiary/aromatic N) is 4. The van der Waals surface area contributed by atoms with Crippen LogP contribution in [0.2, 0.25) is 0 Å². The van der Waals surface area contributed by atoms with Crippen molar-refractivity contribution in [3.05, 3.63) is 30.0 Å². The third kappa shape index (κ3) is 4.58. The average Bonchev–Trinajstić information content (AvgIpc) is 2.61. The van der Waals surface area contributed by atoms with Crippen molar-refractivity contribution in [2.75, 3.05) is 19.3 Å². The Morgan fingerprint density at radius 3 is 2.59 bits per heavy atom. The Morgan fingerprint density at radius 1 is 1.26 bits per heavy atom. The van der Waals surface area contributed by atoms with Crippen molar-refractivity contribution in [2.45, 2.75) is 19.8 Å². The number of hydrogen-bond donors (Lipinski definition) is 2. The number of amides is 1. The van der Waals surface area contributed by atoms with E-state index in [1.165, 1.54) is 10.6 Å². The van der Waals surface area contributed by atoms with Crippen molar-refractivity contribution in [1.82, 2.24) is 19.6 Å². The highest BCUT2D eigenvalue weighted by molar-refractivity contribution is 7.88. The van der Waals surface area contributed by atoms with Crippen LogP contribution < -0.4 is 11.1 Å². The number of para-hydroxylation sites is 1. The zero-order valence-corrected chi connectivity index (χ0v) is 16.0. The van der Waals surface area contributed by atoms with E-state index in [9.17, 15) is 13.2 Å². The largest absolute Gasteiger partial charge is 0.369 e. The molecule has 0 spiro atoms. The summed E-state index contributed by atoms with van der Waals surface area (Å²) in [5.74, 6) is -0.492. The fourth-order valence-electron chi connectivity index (χ4n) is 3.08. The number of benzene rings is 1. The van der Waals surface area contributed by atoms with E-state index < -0.39 is 10.0 Å². The quantitative estimate of drug-likeness (QED) is 0.585. The molecule has 2 heterocycles. The van der Waals surface area contributed by atoms with Crippen LogP contribution in [0.5, 0.6) is 0 Å². The van der Waals surface area contributed by atoms with Gasteiger partial charge in [0.1, 0.15) is 0 Å². The van der Waals surface area contributed by atoms with Gasteiger partial charge in [-0.15, -0.1) is 0 Å². The van der Waals surface area contributed by atoms with Crippen LogP contribution >= 0.6 is 0 Å². The Hall–Kier alpha value is -2.59. The summed E-state index contributed by atoms with van der Waals surface area (Å²) in [5, 5.41) is 3.49. The highest BCUT2D eigenvalue weighted by Crippen LogP contribution is 2.20. The molecule has 0 radical (unpaired) electrons. The second-order valence-electron chi connectivity index (χ2n) is 6.55. The van der Waals surface area contributed by atoms with Gasteiger partial charge in [0.2, 0.25) is 21.9 Å². The number of aryl methyl sites for hydroxylation is 1. The van der Waals surface area contributed by atoms with Crippen LogP contribution in [-0.2, 0) is 14.8 Å². The van der Waals surface area contributed by atoms with Crippen molar-refractivity contribution in [3.63, 3.8) is 0 Å². The second kappa shape index (κ2) is 7.57. The molecule has 1 saturated heterocycles. The molecule has 1 aromatic carbocycles. The van der Waals surface area contributed by atoms with Crippen molar-refractivity contribution < 1.29 is 13.2 Å². The van der Waals surface area contributed by atoms with Gasteiger partial charge in [-0.05, 0) is 25.8 Å². The van der Waals surface area contributed by atoms with Gasteiger partial charge in [0.25, 0.3) is 5.95 Å². The number of rotatable bonds is 3. The van der Waals surface area contributed by atoms with E-state index >= 15 is 0 Å². The van der Waals surface area contributed by atoms with Crippen molar-refractivity contribution in [3.8, 4) is 0 Å². The lowest BCUT2D eigenvalue weighted by atomic mass is 9.97. The molecule has 0 aliphatic carbocycles. The zero-order chi connectivity index (χ0) is 19.6. The molecular formula is C17H22N6O3S. The predicted molar refractivity (Wildman–Crippen MR) is 103 cm³/mol. The van der Waals surface area contributed by atoms with E-state index in [4.69, 9.17) is 5.73 Å². The van der Waals surface area contributed by atoms with E-state index in [0.29, 0.717) is 25.9 Å². The first-order chi connectivity index (χ1) is 12.7. The number of fused-ring (bicyclic) bond motifs is 1. The Bertz CT molecular complexity index is 997. The topological polar surface area (TPSA) is 131 Å². The van der Waals surface area contributed by atoms with E-state index in [2.05, 4.69) is 20.3 Å². The van der Waals surface area contributed by atoms with Gasteiger partial charge in [-0.2, -0.15) is 4.99 Å². The molecule has 3 rings (SSSR count). The Kier molecular flexibility index (Phi) is 5.38. The van der Waals surface area contributed by atoms with Gasteiger partial charge in [-0.25, -0.2) is 22.7 Å². The molecule has 1 aliphatic rings. The molecule has 2 aromatic rings. The van der Waals surface area contributed by atoms with Gasteiger partial charge in [0.05, 0.1) is 17.5 Å². The number of nitrogens with two attached hydrogens (primary N) is 1. The third-order valence-electron chi connectivity index (χ3n) is 4.55. The molecule has 1 fully saturated rings. The number of guanidine groups is 1. The maximum absolute atomic E-state index is 12.4. The number of sulfonamides is 1. The number of aromatic nitrogens is 2. The zero-order valence-electron chi connectivity index (χ0n) is 15.2. The first-order valence-corrected chi connectivity index (χ1v) is 10.4. The smallest absolute Gasteiger partial charge is 0.253 e. The van der Waals surface area contributed by atoms with E-state index in [1.807, 2.05) is 31.2 Å². The Morgan fingerprint density at radius 2 is 1.93 bits per heavy atom. The van der Waals surface area contributed by atoms with E-state index in [1.54, 1.807) is 0 Å². The number of aliphatic imine (C=N–C) groups is 1. The fourth-order valence-corrected chi connectivity index (χ4v) is 3.96. The normalized spacial score (nSPS) is 17.2. The number of nitrogens with one attached hydrogen (secondary N) is 1. The Balaban J connectivity index is 1.67. The van der Waals surface area contributed by atoms with E-state index in [-0.39, 0.29) is 23.7 Å². The lowest BCUT2D eigenvalue weighted by molar-refractivity contribution is -0.124. The van der Waals surface area contributed by atoms with Gasteiger partial charge in [0, 0.05) is 24.4 Å². The minimum Gasteiger partial charge on any atom is -0.369 e. The molecule has 144 valence electrons.